The predicted molar refractivity (Wildman–Crippen MR) is 247 cm³/mol. The minimum Gasteiger partial charge on any atom is -0.270 e. The second-order valence-electron chi connectivity index (χ2n) is 15.9. The van der Waals surface area contributed by atoms with Gasteiger partial charge in [0.2, 0.25) is 11.9 Å². The van der Waals surface area contributed by atoms with E-state index in [0.29, 0.717) is 35.2 Å². The van der Waals surface area contributed by atoms with Gasteiger partial charge in [0.15, 0.2) is 23.3 Å². The van der Waals surface area contributed by atoms with E-state index >= 15 is 0 Å². The molecule has 0 saturated carbocycles. The van der Waals surface area contributed by atoms with Crippen LogP contribution in [0.1, 0.15) is 22.3 Å². The molecule has 7 heteroatoms. The van der Waals surface area contributed by atoms with Crippen molar-refractivity contribution in [2.45, 2.75) is 12.5 Å². The Labute approximate surface area is 359 Å². The Hall–Kier alpha value is -8.16. The van der Waals surface area contributed by atoms with E-state index in [0.717, 1.165) is 28.7 Å². The number of rotatable bonds is 7. The van der Waals surface area contributed by atoms with E-state index in [1.54, 1.807) is 0 Å². The molecule has 4 aliphatic carbocycles. The zero-order valence-electron chi connectivity index (χ0n) is 33.5. The summed E-state index contributed by atoms with van der Waals surface area (Å²) in [7, 11) is 0. The van der Waals surface area contributed by atoms with E-state index in [1.807, 2.05) is 121 Å². The Morgan fingerprint density at radius 2 is 0.952 bits per heavy atom. The van der Waals surface area contributed by atoms with Gasteiger partial charge in [-0.25, -0.2) is 9.97 Å². The van der Waals surface area contributed by atoms with E-state index in [-0.39, 0.29) is 0 Å². The maximum atomic E-state index is 5.41. The molecule has 2 heterocycles. The zero-order chi connectivity index (χ0) is 41.0. The molecule has 4 aliphatic rings. The molecule has 8 aromatic rings. The quantitative estimate of drug-likeness (QED) is 0.159. The SMILES string of the molecule is C1=CC2(C3=Cc4ccccc4C3=C1)C1=C(C=CC2N(c2nc(-c3ccccc3)nc(-c3ccccc3)n2)c2nc(-c3ccccc3)nc(-c3ccccc3)n2)c2ccccc2C1. The van der Waals surface area contributed by atoms with Crippen LogP contribution in [0.25, 0.3) is 62.8 Å². The lowest BCUT2D eigenvalue weighted by molar-refractivity contribution is 0.472. The molecule has 6 aromatic carbocycles. The number of benzene rings is 6. The van der Waals surface area contributed by atoms with Gasteiger partial charge in [0.05, 0.1) is 11.5 Å². The van der Waals surface area contributed by atoms with Gasteiger partial charge in [0.25, 0.3) is 0 Å². The number of fused-ring (bicyclic) bond motifs is 7. The summed E-state index contributed by atoms with van der Waals surface area (Å²) in [5.74, 6) is 3.06. The molecule has 7 nitrogen and oxygen atoms in total. The van der Waals surface area contributed by atoms with Crippen LogP contribution in [0.3, 0.4) is 0 Å². The third-order valence-corrected chi connectivity index (χ3v) is 12.4. The lowest BCUT2D eigenvalue weighted by Gasteiger charge is -2.48. The molecular formula is C55H37N7. The van der Waals surface area contributed by atoms with E-state index in [4.69, 9.17) is 29.9 Å². The Bertz CT molecular complexity index is 2970. The Balaban J connectivity index is 1.17. The zero-order valence-corrected chi connectivity index (χ0v) is 33.5. The predicted octanol–water partition coefficient (Wildman–Crippen LogP) is 11.8. The first kappa shape index (κ1) is 35.8. The van der Waals surface area contributed by atoms with Gasteiger partial charge >= 0.3 is 0 Å². The maximum absolute atomic E-state index is 5.41. The Morgan fingerprint density at radius 3 is 1.48 bits per heavy atom. The minimum absolute atomic E-state index is 0.427. The van der Waals surface area contributed by atoms with E-state index < -0.39 is 11.5 Å². The molecule has 0 fully saturated rings. The second-order valence-corrected chi connectivity index (χ2v) is 15.9. The summed E-state index contributed by atoms with van der Waals surface area (Å²) < 4.78 is 0. The summed E-state index contributed by atoms with van der Waals surface area (Å²) in [4.78, 5) is 34.0. The van der Waals surface area contributed by atoms with Crippen molar-refractivity contribution in [3.05, 3.63) is 234 Å². The molecule has 62 heavy (non-hydrogen) atoms. The number of allylic oxidation sites excluding steroid dienone is 5. The fourth-order valence-electron chi connectivity index (χ4n) is 9.58. The van der Waals surface area contributed by atoms with Crippen molar-refractivity contribution < 1.29 is 0 Å². The van der Waals surface area contributed by atoms with Gasteiger partial charge in [0.1, 0.15) is 0 Å². The normalized spacial score (nSPS) is 17.8. The second kappa shape index (κ2) is 14.5. The molecule has 0 saturated heterocycles. The van der Waals surface area contributed by atoms with Gasteiger partial charge in [0, 0.05) is 22.3 Å². The standard InChI is InChI=1S/C55H37N7/c1-5-18-36(19-6-1)49-56-50(37-20-7-2-8-21-37)59-53(58-49)62(54-60-51(38-22-9-3-10-23-38)57-52(61-54)39-24-11-4-12-25-39)48-32-31-45-43-29-16-14-27-41(43)35-47(45)55(48)33-17-30-44-42-28-15-13-26-40(42)34-46(44)55/h1-34,48H,35H2. The topological polar surface area (TPSA) is 80.6 Å². The van der Waals surface area contributed by atoms with Crippen molar-refractivity contribution in [1.29, 1.82) is 0 Å². The van der Waals surface area contributed by atoms with Crippen LogP contribution in [0.15, 0.2) is 211 Å². The smallest absolute Gasteiger partial charge is 0.237 e. The van der Waals surface area contributed by atoms with Crippen molar-refractivity contribution in [3.63, 3.8) is 0 Å². The summed E-state index contributed by atoms with van der Waals surface area (Å²) in [6, 6.07) is 57.5. The summed E-state index contributed by atoms with van der Waals surface area (Å²) in [6.45, 7) is 0. The lowest BCUT2D eigenvalue weighted by Crippen LogP contribution is -2.49. The van der Waals surface area contributed by atoms with Gasteiger partial charge in [-0.2, -0.15) is 19.9 Å². The van der Waals surface area contributed by atoms with E-state index in [2.05, 4.69) is 89.9 Å². The number of anilines is 2. The fraction of sp³-hybridized carbons (Fsp3) is 0.0545. The Morgan fingerprint density at radius 1 is 0.484 bits per heavy atom. The third kappa shape index (κ3) is 5.81. The largest absolute Gasteiger partial charge is 0.270 e. The van der Waals surface area contributed by atoms with Crippen molar-refractivity contribution in [1.82, 2.24) is 29.9 Å². The van der Waals surface area contributed by atoms with Gasteiger partial charge in [-0.3, -0.25) is 4.90 Å². The lowest BCUT2D eigenvalue weighted by atomic mass is 9.61. The van der Waals surface area contributed by atoms with Crippen LogP contribution >= 0.6 is 0 Å². The molecule has 292 valence electrons. The van der Waals surface area contributed by atoms with Crippen LogP contribution < -0.4 is 4.90 Å². The van der Waals surface area contributed by atoms with Gasteiger partial charge in [-0.15, -0.1) is 0 Å². The molecular weight excluding hydrogens is 759 g/mol. The molecule has 2 unspecified atom stereocenters. The molecule has 0 amide bonds. The van der Waals surface area contributed by atoms with Crippen molar-refractivity contribution in [2.75, 3.05) is 4.90 Å². The number of hydrogen-bond donors (Lipinski definition) is 0. The highest BCUT2D eigenvalue weighted by atomic mass is 15.4. The first-order valence-corrected chi connectivity index (χ1v) is 21.0. The summed E-state index contributed by atoms with van der Waals surface area (Å²) >= 11 is 0. The molecule has 12 rings (SSSR count). The molecule has 2 atom stereocenters. The highest BCUT2D eigenvalue weighted by Gasteiger charge is 2.53. The molecule has 1 spiro atoms. The van der Waals surface area contributed by atoms with Crippen LogP contribution in [0.5, 0.6) is 0 Å². The van der Waals surface area contributed by atoms with Crippen LogP contribution in [0.2, 0.25) is 0 Å². The van der Waals surface area contributed by atoms with Gasteiger partial charge in [-0.1, -0.05) is 200 Å². The maximum Gasteiger partial charge on any atom is 0.237 e. The minimum atomic E-state index is -0.703. The highest BCUT2D eigenvalue weighted by Crippen LogP contribution is 2.61. The van der Waals surface area contributed by atoms with Gasteiger partial charge < -0.3 is 0 Å². The van der Waals surface area contributed by atoms with Gasteiger partial charge in [-0.05, 0) is 57.0 Å². The third-order valence-electron chi connectivity index (χ3n) is 12.4. The summed E-state index contributed by atoms with van der Waals surface area (Å²) in [5.41, 5.74) is 12.8. The first-order valence-electron chi connectivity index (χ1n) is 21.0. The average molecular weight is 796 g/mol. The van der Waals surface area contributed by atoms with Crippen molar-refractivity contribution in [2.24, 2.45) is 5.41 Å². The molecule has 0 aliphatic heterocycles. The highest BCUT2D eigenvalue weighted by molar-refractivity contribution is 6.01. The summed E-state index contributed by atoms with van der Waals surface area (Å²) in [5, 5.41) is 0. The average Bonchev–Trinajstić information content (AvgIpc) is 3.93. The van der Waals surface area contributed by atoms with Crippen molar-refractivity contribution >= 4 is 29.1 Å². The monoisotopic (exact) mass is 795 g/mol. The molecule has 0 N–H and O–H groups in total. The number of hydrogen-bond acceptors (Lipinski definition) is 7. The molecule has 0 radical (unpaired) electrons. The van der Waals surface area contributed by atoms with Crippen LogP contribution in [0, 0.1) is 5.41 Å². The summed E-state index contributed by atoms with van der Waals surface area (Å²) in [6.07, 6.45) is 14.7. The number of aromatic nitrogens is 6. The van der Waals surface area contributed by atoms with Crippen LogP contribution in [-0.2, 0) is 6.42 Å². The van der Waals surface area contributed by atoms with Crippen molar-refractivity contribution in [3.8, 4) is 45.6 Å². The Kier molecular flexibility index (Phi) is 8.38. The fourth-order valence-corrected chi connectivity index (χ4v) is 9.58. The first-order chi connectivity index (χ1) is 30.7. The van der Waals surface area contributed by atoms with E-state index in [1.165, 1.54) is 44.5 Å². The molecule has 2 aromatic heterocycles. The van der Waals surface area contributed by atoms with Crippen LogP contribution in [0.4, 0.5) is 11.9 Å². The molecule has 0 bridgehead atoms. The number of nitrogens with zero attached hydrogens (tertiary/aromatic N) is 7. The van der Waals surface area contributed by atoms with Crippen LogP contribution in [-0.4, -0.2) is 35.9 Å². The van der Waals surface area contributed by atoms with E-state index in [9.17, 15) is 0 Å².